The lowest BCUT2D eigenvalue weighted by Gasteiger charge is -2.17. The van der Waals surface area contributed by atoms with Gasteiger partial charge in [0.25, 0.3) is 0 Å². The monoisotopic (exact) mass is 347 g/mol. The van der Waals surface area contributed by atoms with Crippen LogP contribution in [0.4, 0.5) is 0 Å². The Morgan fingerprint density at radius 2 is 1.62 bits per heavy atom. The fraction of sp³-hybridized carbons (Fsp3) is 0.368. The van der Waals surface area contributed by atoms with Gasteiger partial charge in [0.15, 0.2) is 9.84 Å². The van der Waals surface area contributed by atoms with Gasteiger partial charge >= 0.3 is 0 Å². The first-order valence-electron chi connectivity index (χ1n) is 8.14. The zero-order chi connectivity index (χ0) is 17.4. The van der Waals surface area contributed by atoms with Crippen molar-refractivity contribution in [3.63, 3.8) is 0 Å². The van der Waals surface area contributed by atoms with Crippen molar-refractivity contribution in [3.05, 3.63) is 60.2 Å². The van der Waals surface area contributed by atoms with E-state index < -0.39 is 9.84 Å². The van der Waals surface area contributed by atoms with E-state index in [-0.39, 0.29) is 5.75 Å². The topological polar surface area (TPSA) is 46.6 Å². The quantitative estimate of drug-likeness (QED) is 0.654. The van der Waals surface area contributed by atoms with E-state index >= 15 is 0 Å². The maximum absolute atomic E-state index is 12.2. The van der Waals surface area contributed by atoms with Crippen molar-refractivity contribution in [2.24, 2.45) is 0 Å². The molecule has 0 aliphatic rings. The fourth-order valence-corrected chi connectivity index (χ4v) is 3.73. The highest BCUT2D eigenvalue weighted by Gasteiger charge is 2.14. The summed E-state index contributed by atoms with van der Waals surface area (Å²) in [6.07, 6.45) is 0.857. The third kappa shape index (κ3) is 5.65. The number of sulfone groups is 1. The first-order chi connectivity index (χ1) is 11.5. The Balaban J connectivity index is 1.70. The fourth-order valence-electron chi connectivity index (χ4n) is 2.37. The first-order valence-corrected chi connectivity index (χ1v) is 9.79. The van der Waals surface area contributed by atoms with Crippen LogP contribution in [-0.4, -0.2) is 45.8 Å². The van der Waals surface area contributed by atoms with E-state index in [0.717, 1.165) is 24.3 Å². The molecule has 0 aliphatic carbocycles. The molecule has 0 fully saturated rings. The highest BCUT2D eigenvalue weighted by atomic mass is 32.2. The lowest BCUT2D eigenvalue weighted by atomic mass is 10.2. The van der Waals surface area contributed by atoms with Crippen LogP contribution in [0.2, 0.25) is 0 Å². The molecule has 0 saturated carbocycles. The summed E-state index contributed by atoms with van der Waals surface area (Å²) in [6.45, 7) is 3.97. The van der Waals surface area contributed by atoms with Crippen LogP contribution < -0.4 is 4.74 Å². The van der Waals surface area contributed by atoms with E-state index in [1.165, 1.54) is 0 Å². The van der Waals surface area contributed by atoms with E-state index in [9.17, 15) is 8.42 Å². The molecule has 0 radical (unpaired) electrons. The second kappa shape index (κ2) is 8.85. The summed E-state index contributed by atoms with van der Waals surface area (Å²) in [6, 6.07) is 16.5. The van der Waals surface area contributed by atoms with E-state index in [2.05, 4.69) is 0 Å². The molecule has 0 atom stereocenters. The molecule has 0 bridgehead atoms. The number of nitrogens with zero attached hydrogens (tertiary/aromatic N) is 1. The molecule has 0 heterocycles. The van der Waals surface area contributed by atoms with Crippen LogP contribution in [0, 0.1) is 6.92 Å². The van der Waals surface area contributed by atoms with E-state index in [1.54, 1.807) is 24.3 Å². The Morgan fingerprint density at radius 3 is 2.33 bits per heavy atom. The SMILES string of the molecule is Cc1ccccc1OCCCN(C)CCS(=O)(=O)c1ccccc1. The number of rotatable bonds is 9. The van der Waals surface area contributed by atoms with Gasteiger partial charge in [0.05, 0.1) is 17.3 Å². The molecule has 5 heteroatoms. The van der Waals surface area contributed by atoms with Crippen molar-refractivity contribution < 1.29 is 13.2 Å². The molecule has 24 heavy (non-hydrogen) atoms. The molecule has 0 saturated heterocycles. The average Bonchev–Trinajstić information content (AvgIpc) is 2.59. The maximum atomic E-state index is 12.2. The van der Waals surface area contributed by atoms with Crippen molar-refractivity contribution in [2.45, 2.75) is 18.2 Å². The van der Waals surface area contributed by atoms with Crippen LogP contribution in [-0.2, 0) is 9.84 Å². The normalized spacial score (nSPS) is 11.6. The summed E-state index contributed by atoms with van der Waals surface area (Å²) in [4.78, 5) is 2.42. The highest BCUT2D eigenvalue weighted by Crippen LogP contribution is 2.16. The Bertz CT molecular complexity index is 729. The lowest BCUT2D eigenvalue weighted by molar-refractivity contribution is 0.267. The summed E-state index contributed by atoms with van der Waals surface area (Å²) in [7, 11) is -1.27. The van der Waals surface area contributed by atoms with Crippen molar-refractivity contribution in [1.82, 2.24) is 4.90 Å². The third-order valence-electron chi connectivity index (χ3n) is 3.88. The number of hydrogen-bond acceptors (Lipinski definition) is 4. The lowest BCUT2D eigenvalue weighted by Crippen LogP contribution is -2.27. The van der Waals surface area contributed by atoms with Gasteiger partial charge in [0, 0.05) is 13.1 Å². The molecule has 2 aromatic rings. The Hall–Kier alpha value is -1.85. The number of aryl methyl sites for hydroxylation is 1. The number of hydrogen-bond donors (Lipinski definition) is 0. The number of benzene rings is 2. The van der Waals surface area contributed by atoms with Crippen molar-refractivity contribution >= 4 is 9.84 Å². The predicted octanol–water partition coefficient (Wildman–Crippen LogP) is 3.17. The molecule has 0 N–H and O–H groups in total. The molecule has 0 amide bonds. The van der Waals surface area contributed by atoms with Gasteiger partial charge in [-0.2, -0.15) is 0 Å². The molecule has 2 aromatic carbocycles. The van der Waals surface area contributed by atoms with Crippen LogP contribution in [0.3, 0.4) is 0 Å². The summed E-state index contributed by atoms with van der Waals surface area (Å²) in [5.74, 6) is 1.04. The number of para-hydroxylation sites is 1. The summed E-state index contributed by atoms with van der Waals surface area (Å²) in [5, 5.41) is 0. The summed E-state index contributed by atoms with van der Waals surface area (Å²) >= 11 is 0. The van der Waals surface area contributed by atoms with Gasteiger partial charge in [-0.3, -0.25) is 0 Å². The molecule has 0 spiro atoms. The van der Waals surface area contributed by atoms with Crippen LogP contribution in [0.1, 0.15) is 12.0 Å². The zero-order valence-electron chi connectivity index (χ0n) is 14.3. The summed E-state index contributed by atoms with van der Waals surface area (Å²) < 4.78 is 30.2. The van der Waals surface area contributed by atoms with Crippen LogP contribution in [0.25, 0.3) is 0 Å². The Kier molecular flexibility index (Phi) is 6.82. The van der Waals surface area contributed by atoms with Gasteiger partial charge in [-0.05, 0) is 44.2 Å². The molecular weight excluding hydrogens is 322 g/mol. The zero-order valence-corrected chi connectivity index (χ0v) is 15.1. The van der Waals surface area contributed by atoms with Crippen LogP contribution >= 0.6 is 0 Å². The van der Waals surface area contributed by atoms with Crippen LogP contribution in [0.5, 0.6) is 5.75 Å². The van der Waals surface area contributed by atoms with Crippen LogP contribution in [0.15, 0.2) is 59.5 Å². The van der Waals surface area contributed by atoms with Gasteiger partial charge in [-0.1, -0.05) is 36.4 Å². The largest absolute Gasteiger partial charge is 0.493 e. The molecule has 0 aromatic heterocycles. The van der Waals surface area contributed by atoms with Gasteiger partial charge < -0.3 is 9.64 Å². The number of ether oxygens (including phenoxy) is 1. The van der Waals surface area contributed by atoms with Crippen molar-refractivity contribution in [3.8, 4) is 5.75 Å². The Morgan fingerprint density at radius 1 is 0.958 bits per heavy atom. The minimum atomic E-state index is -3.21. The minimum Gasteiger partial charge on any atom is -0.493 e. The second-order valence-electron chi connectivity index (χ2n) is 5.90. The molecule has 4 nitrogen and oxygen atoms in total. The third-order valence-corrected chi connectivity index (χ3v) is 5.59. The minimum absolute atomic E-state index is 0.131. The van der Waals surface area contributed by atoms with E-state index in [1.807, 2.05) is 49.2 Å². The Labute approximate surface area is 145 Å². The molecular formula is C19H25NO3S. The van der Waals surface area contributed by atoms with Gasteiger partial charge in [0.2, 0.25) is 0 Å². The molecule has 2 rings (SSSR count). The predicted molar refractivity (Wildman–Crippen MR) is 97.3 cm³/mol. The van der Waals surface area contributed by atoms with Crippen molar-refractivity contribution in [1.29, 1.82) is 0 Å². The van der Waals surface area contributed by atoms with Gasteiger partial charge in [-0.15, -0.1) is 0 Å². The van der Waals surface area contributed by atoms with Gasteiger partial charge in [0.1, 0.15) is 5.75 Å². The second-order valence-corrected chi connectivity index (χ2v) is 8.01. The summed E-state index contributed by atoms with van der Waals surface area (Å²) in [5.41, 5.74) is 1.12. The van der Waals surface area contributed by atoms with E-state index in [0.29, 0.717) is 18.0 Å². The first kappa shape index (κ1) is 18.5. The molecule has 0 aliphatic heterocycles. The van der Waals surface area contributed by atoms with Gasteiger partial charge in [-0.25, -0.2) is 8.42 Å². The average molecular weight is 347 g/mol. The molecule has 0 unspecified atom stereocenters. The molecule has 130 valence electrons. The smallest absolute Gasteiger partial charge is 0.179 e. The highest BCUT2D eigenvalue weighted by molar-refractivity contribution is 7.91. The maximum Gasteiger partial charge on any atom is 0.179 e. The van der Waals surface area contributed by atoms with E-state index in [4.69, 9.17) is 4.74 Å². The van der Waals surface area contributed by atoms with Crippen molar-refractivity contribution in [2.75, 3.05) is 32.5 Å². The standard InChI is InChI=1S/C19H25NO3S/c1-17-9-6-7-12-19(17)23-15-8-13-20(2)14-16-24(21,22)18-10-4-3-5-11-18/h3-7,9-12H,8,13-16H2,1-2H3.